The molecule has 15 heavy (non-hydrogen) atoms. The van der Waals surface area contributed by atoms with Crippen molar-refractivity contribution >= 4 is 17.4 Å². The summed E-state index contributed by atoms with van der Waals surface area (Å²) in [6.45, 7) is 4.60. The molecule has 2 atom stereocenters. The standard InChI is InChI=1S/C12H19NOS/c1-9(7-8-14)15-10(2)11-3-5-12(13)6-4-11/h3-6,9-10,14H,7-8,13H2,1-2H3. The zero-order valence-electron chi connectivity index (χ0n) is 9.31. The molecule has 0 fully saturated rings. The van der Waals surface area contributed by atoms with Crippen LogP contribution < -0.4 is 5.73 Å². The van der Waals surface area contributed by atoms with Gasteiger partial charge in [-0.05, 0) is 31.0 Å². The Bertz CT molecular complexity index is 286. The molecule has 2 nitrogen and oxygen atoms in total. The van der Waals surface area contributed by atoms with Gasteiger partial charge in [-0.25, -0.2) is 0 Å². The summed E-state index contributed by atoms with van der Waals surface area (Å²) in [6.07, 6.45) is 0.851. The number of aliphatic hydroxyl groups excluding tert-OH is 1. The molecule has 0 bridgehead atoms. The minimum absolute atomic E-state index is 0.266. The van der Waals surface area contributed by atoms with Crippen molar-refractivity contribution in [3.8, 4) is 0 Å². The summed E-state index contributed by atoms with van der Waals surface area (Å²) < 4.78 is 0. The van der Waals surface area contributed by atoms with E-state index in [0.29, 0.717) is 10.5 Å². The molecule has 0 aromatic heterocycles. The molecule has 0 heterocycles. The van der Waals surface area contributed by atoms with Crippen molar-refractivity contribution in [1.29, 1.82) is 0 Å². The number of hydrogen-bond donors (Lipinski definition) is 2. The van der Waals surface area contributed by atoms with Crippen LogP contribution in [0.15, 0.2) is 24.3 Å². The average molecular weight is 225 g/mol. The van der Waals surface area contributed by atoms with Crippen molar-refractivity contribution < 1.29 is 5.11 Å². The number of thioether (sulfide) groups is 1. The molecule has 0 aliphatic rings. The molecule has 0 aliphatic heterocycles. The Morgan fingerprint density at radius 2 is 1.87 bits per heavy atom. The van der Waals surface area contributed by atoms with Gasteiger partial charge in [0.25, 0.3) is 0 Å². The molecule has 84 valence electrons. The first-order chi connectivity index (χ1) is 7.13. The van der Waals surface area contributed by atoms with Crippen LogP contribution in [0.4, 0.5) is 5.69 Å². The van der Waals surface area contributed by atoms with Gasteiger partial charge < -0.3 is 10.8 Å². The van der Waals surface area contributed by atoms with Gasteiger partial charge in [-0.15, -0.1) is 0 Å². The Morgan fingerprint density at radius 1 is 1.27 bits per heavy atom. The van der Waals surface area contributed by atoms with Crippen LogP contribution in [0.3, 0.4) is 0 Å². The SMILES string of the molecule is CC(CCO)SC(C)c1ccc(N)cc1. The number of nitrogens with two attached hydrogens (primary N) is 1. The quantitative estimate of drug-likeness (QED) is 0.757. The largest absolute Gasteiger partial charge is 0.399 e. The normalized spacial score (nSPS) is 14.9. The average Bonchev–Trinajstić information content (AvgIpc) is 2.18. The lowest BCUT2D eigenvalue weighted by molar-refractivity contribution is 0.289. The number of rotatable bonds is 5. The fourth-order valence-electron chi connectivity index (χ4n) is 1.44. The summed E-state index contributed by atoms with van der Waals surface area (Å²) >= 11 is 1.88. The minimum Gasteiger partial charge on any atom is -0.399 e. The highest BCUT2D eigenvalue weighted by Crippen LogP contribution is 2.32. The molecule has 0 aliphatic carbocycles. The van der Waals surface area contributed by atoms with E-state index in [0.717, 1.165) is 12.1 Å². The Morgan fingerprint density at radius 3 is 2.40 bits per heavy atom. The first-order valence-corrected chi connectivity index (χ1v) is 6.19. The van der Waals surface area contributed by atoms with Crippen molar-refractivity contribution in [1.82, 2.24) is 0 Å². The van der Waals surface area contributed by atoms with Crippen LogP contribution >= 0.6 is 11.8 Å². The van der Waals surface area contributed by atoms with Gasteiger partial charge in [-0.2, -0.15) is 11.8 Å². The van der Waals surface area contributed by atoms with Crippen molar-refractivity contribution in [2.24, 2.45) is 0 Å². The highest BCUT2D eigenvalue weighted by Gasteiger charge is 2.10. The topological polar surface area (TPSA) is 46.2 Å². The maximum Gasteiger partial charge on any atom is 0.0441 e. The van der Waals surface area contributed by atoms with E-state index in [1.165, 1.54) is 5.56 Å². The molecule has 1 aromatic carbocycles. The van der Waals surface area contributed by atoms with Crippen molar-refractivity contribution in [2.45, 2.75) is 30.8 Å². The molecule has 0 saturated heterocycles. The van der Waals surface area contributed by atoms with Crippen LogP contribution in [-0.4, -0.2) is 17.0 Å². The molecule has 0 saturated carbocycles. The van der Waals surface area contributed by atoms with Gasteiger partial charge >= 0.3 is 0 Å². The van der Waals surface area contributed by atoms with E-state index in [-0.39, 0.29) is 6.61 Å². The maximum absolute atomic E-state index is 8.83. The Labute approximate surface area is 95.9 Å². The lowest BCUT2D eigenvalue weighted by Crippen LogP contribution is -2.02. The van der Waals surface area contributed by atoms with E-state index in [2.05, 4.69) is 26.0 Å². The zero-order chi connectivity index (χ0) is 11.3. The number of hydrogen-bond acceptors (Lipinski definition) is 3. The molecule has 0 amide bonds. The summed E-state index contributed by atoms with van der Waals surface area (Å²) in [4.78, 5) is 0. The highest BCUT2D eigenvalue weighted by molar-refractivity contribution is 8.00. The maximum atomic E-state index is 8.83. The van der Waals surface area contributed by atoms with Gasteiger partial charge in [0, 0.05) is 22.8 Å². The molecule has 2 unspecified atom stereocenters. The second-order valence-corrected chi connectivity index (χ2v) is 5.55. The third kappa shape index (κ3) is 4.14. The molecule has 1 aromatic rings. The predicted octanol–water partition coefficient (Wildman–Crippen LogP) is 2.83. The van der Waals surface area contributed by atoms with Gasteiger partial charge in [0.15, 0.2) is 0 Å². The van der Waals surface area contributed by atoms with Crippen LogP contribution in [0, 0.1) is 0 Å². The lowest BCUT2D eigenvalue weighted by atomic mass is 10.1. The number of nitrogen functional groups attached to an aromatic ring is 1. The summed E-state index contributed by atoms with van der Waals surface area (Å²) in [6, 6.07) is 8.00. The zero-order valence-corrected chi connectivity index (χ0v) is 10.1. The van der Waals surface area contributed by atoms with E-state index in [9.17, 15) is 0 Å². The smallest absolute Gasteiger partial charge is 0.0441 e. The lowest BCUT2D eigenvalue weighted by Gasteiger charge is -2.16. The second-order valence-electron chi connectivity index (χ2n) is 3.77. The molecule has 3 N–H and O–H groups in total. The van der Waals surface area contributed by atoms with E-state index in [4.69, 9.17) is 10.8 Å². The minimum atomic E-state index is 0.266. The third-order valence-corrected chi connectivity index (χ3v) is 3.76. The van der Waals surface area contributed by atoms with Gasteiger partial charge in [-0.3, -0.25) is 0 Å². The van der Waals surface area contributed by atoms with Crippen LogP contribution in [0.25, 0.3) is 0 Å². The first kappa shape index (κ1) is 12.4. The van der Waals surface area contributed by atoms with Crippen molar-refractivity contribution in [3.63, 3.8) is 0 Å². The van der Waals surface area contributed by atoms with Crippen molar-refractivity contribution in [3.05, 3.63) is 29.8 Å². The molecule has 1 rings (SSSR count). The number of benzene rings is 1. The number of aliphatic hydroxyl groups is 1. The number of anilines is 1. The van der Waals surface area contributed by atoms with E-state index >= 15 is 0 Å². The molecule has 3 heteroatoms. The Kier molecular flexibility index (Phi) is 4.99. The van der Waals surface area contributed by atoms with Gasteiger partial charge in [0.1, 0.15) is 0 Å². The van der Waals surface area contributed by atoms with E-state index in [1.807, 2.05) is 23.9 Å². The predicted molar refractivity (Wildman–Crippen MR) is 68.0 cm³/mol. The fraction of sp³-hybridized carbons (Fsp3) is 0.500. The molecule has 0 spiro atoms. The van der Waals surface area contributed by atoms with Crippen LogP contribution in [0.5, 0.6) is 0 Å². The molecule has 0 radical (unpaired) electrons. The van der Waals surface area contributed by atoms with Crippen LogP contribution in [0.1, 0.15) is 31.1 Å². The highest BCUT2D eigenvalue weighted by atomic mass is 32.2. The van der Waals surface area contributed by atoms with E-state index in [1.54, 1.807) is 0 Å². The summed E-state index contributed by atoms with van der Waals surface area (Å²) in [5.41, 5.74) is 7.73. The van der Waals surface area contributed by atoms with Gasteiger partial charge in [0.05, 0.1) is 0 Å². The van der Waals surface area contributed by atoms with Gasteiger partial charge in [-0.1, -0.05) is 19.1 Å². The van der Waals surface area contributed by atoms with Crippen LogP contribution in [-0.2, 0) is 0 Å². The Hall–Kier alpha value is -0.670. The molecular weight excluding hydrogens is 206 g/mol. The second kappa shape index (κ2) is 6.03. The summed E-state index contributed by atoms with van der Waals surface area (Å²) in [7, 11) is 0. The molecular formula is C12H19NOS. The van der Waals surface area contributed by atoms with Crippen LogP contribution in [0.2, 0.25) is 0 Å². The van der Waals surface area contributed by atoms with Gasteiger partial charge in [0.2, 0.25) is 0 Å². The summed E-state index contributed by atoms with van der Waals surface area (Å²) in [5.74, 6) is 0. The van der Waals surface area contributed by atoms with E-state index < -0.39 is 0 Å². The first-order valence-electron chi connectivity index (χ1n) is 5.25. The fourth-order valence-corrected chi connectivity index (χ4v) is 2.70. The third-order valence-electron chi connectivity index (χ3n) is 2.38. The monoisotopic (exact) mass is 225 g/mol. The Balaban J connectivity index is 2.53. The van der Waals surface area contributed by atoms with Crippen molar-refractivity contribution in [2.75, 3.05) is 12.3 Å². The summed E-state index contributed by atoms with van der Waals surface area (Å²) in [5, 5.41) is 9.77.